The van der Waals surface area contributed by atoms with Crippen molar-refractivity contribution in [2.45, 2.75) is 12.8 Å². The highest BCUT2D eigenvalue weighted by atomic mass is 16.5. The lowest BCUT2D eigenvalue weighted by Crippen LogP contribution is -2.15. The molecule has 0 fully saturated rings. The molecule has 3 aromatic rings. The van der Waals surface area contributed by atoms with Crippen LogP contribution in [-0.4, -0.2) is 40.0 Å². The van der Waals surface area contributed by atoms with Crippen molar-refractivity contribution in [2.24, 2.45) is 0 Å². The number of benzene rings is 3. The highest BCUT2D eigenvalue weighted by Crippen LogP contribution is 2.25. The van der Waals surface area contributed by atoms with Crippen LogP contribution in [0.15, 0.2) is 60.7 Å². The van der Waals surface area contributed by atoms with Crippen molar-refractivity contribution >= 4 is 11.6 Å². The average Bonchev–Trinajstić information content (AvgIpc) is 2.85. The van der Waals surface area contributed by atoms with E-state index in [0.29, 0.717) is 23.5 Å². The molecule has 0 heterocycles. The molecule has 0 saturated carbocycles. The number of ether oxygens (including phenoxy) is 4. The summed E-state index contributed by atoms with van der Waals surface area (Å²) in [4.78, 5) is 25.7. The fourth-order valence-corrected chi connectivity index (χ4v) is 3.37. The Balaban J connectivity index is 1.77. The number of rotatable bonds is 10. The molecule has 0 radical (unpaired) electrons. The van der Waals surface area contributed by atoms with E-state index in [1.54, 1.807) is 38.5 Å². The highest BCUT2D eigenvalue weighted by Gasteiger charge is 2.20. The molecule has 0 aromatic heterocycles. The van der Waals surface area contributed by atoms with E-state index in [1.807, 2.05) is 24.3 Å². The molecule has 0 saturated heterocycles. The van der Waals surface area contributed by atoms with Crippen molar-refractivity contribution in [3.05, 3.63) is 82.9 Å². The minimum absolute atomic E-state index is 0.222. The molecule has 0 aliphatic heterocycles. The Bertz CT molecular complexity index is 1070. The number of hydrogen-bond donors (Lipinski definition) is 0. The molecule has 0 aliphatic rings. The lowest BCUT2D eigenvalue weighted by molar-refractivity contribution is 0.0816. The van der Waals surface area contributed by atoms with Crippen molar-refractivity contribution < 1.29 is 28.5 Å². The SMILES string of the molecule is COc1cc(CCc2cccc(C(=O)C(=O)c3cc(OC)cc(OC)c3)c2)cc(OC)c1. The summed E-state index contributed by atoms with van der Waals surface area (Å²) in [5, 5.41) is 0. The Morgan fingerprint density at radius 2 is 1.03 bits per heavy atom. The van der Waals surface area contributed by atoms with Gasteiger partial charge >= 0.3 is 0 Å². The molecule has 0 aliphatic carbocycles. The largest absolute Gasteiger partial charge is 0.497 e. The number of carbonyl (C=O) groups excluding carboxylic acids is 2. The van der Waals surface area contributed by atoms with E-state index in [9.17, 15) is 9.59 Å². The molecular formula is C26H26O6. The molecule has 0 unspecified atom stereocenters. The molecule has 3 aromatic carbocycles. The number of hydrogen-bond acceptors (Lipinski definition) is 6. The predicted octanol–water partition coefficient (Wildman–Crippen LogP) is 4.57. The molecular weight excluding hydrogens is 408 g/mol. The molecule has 166 valence electrons. The number of aryl methyl sites for hydroxylation is 2. The molecule has 0 N–H and O–H groups in total. The van der Waals surface area contributed by atoms with E-state index in [-0.39, 0.29) is 5.56 Å². The first-order chi connectivity index (χ1) is 15.5. The van der Waals surface area contributed by atoms with Crippen LogP contribution in [0.3, 0.4) is 0 Å². The number of carbonyl (C=O) groups is 2. The predicted molar refractivity (Wildman–Crippen MR) is 122 cm³/mol. The van der Waals surface area contributed by atoms with Gasteiger partial charge in [-0.2, -0.15) is 0 Å². The zero-order valence-electron chi connectivity index (χ0n) is 18.6. The van der Waals surface area contributed by atoms with Crippen LogP contribution in [0.5, 0.6) is 23.0 Å². The number of methoxy groups -OCH3 is 4. The minimum atomic E-state index is -0.614. The topological polar surface area (TPSA) is 71.1 Å². The van der Waals surface area contributed by atoms with Crippen LogP contribution < -0.4 is 18.9 Å². The summed E-state index contributed by atoms with van der Waals surface area (Å²) in [6.45, 7) is 0. The second-order valence-electron chi connectivity index (χ2n) is 7.18. The molecule has 3 rings (SSSR count). The molecule has 6 nitrogen and oxygen atoms in total. The van der Waals surface area contributed by atoms with Crippen LogP contribution >= 0.6 is 0 Å². The van der Waals surface area contributed by atoms with Gasteiger partial charge in [0.25, 0.3) is 0 Å². The molecule has 0 bridgehead atoms. The second kappa shape index (κ2) is 10.5. The Hall–Kier alpha value is -3.80. The van der Waals surface area contributed by atoms with Gasteiger partial charge < -0.3 is 18.9 Å². The fourth-order valence-electron chi connectivity index (χ4n) is 3.37. The van der Waals surface area contributed by atoms with Crippen LogP contribution in [0.25, 0.3) is 0 Å². The highest BCUT2D eigenvalue weighted by molar-refractivity contribution is 6.49. The maximum Gasteiger partial charge on any atom is 0.233 e. The smallest absolute Gasteiger partial charge is 0.233 e. The zero-order chi connectivity index (χ0) is 23.1. The van der Waals surface area contributed by atoms with Crippen LogP contribution in [0, 0.1) is 0 Å². The van der Waals surface area contributed by atoms with Gasteiger partial charge in [-0.3, -0.25) is 9.59 Å². The first-order valence-electron chi connectivity index (χ1n) is 10.1. The molecule has 6 heteroatoms. The molecule has 32 heavy (non-hydrogen) atoms. The van der Waals surface area contributed by atoms with Gasteiger partial charge in [0.2, 0.25) is 11.6 Å². The number of ketones is 2. The molecule has 0 spiro atoms. The third-order valence-corrected chi connectivity index (χ3v) is 5.12. The van der Waals surface area contributed by atoms with Crippen molar-refractivity contribution in [1.29, 1.82) is 0 Å². The standard InChI is InChI=1S/C26H26O6/c1-29-21-11-18(12-22(15-21)30-2)9-8-17-6-5-7-19(10-17)25(27)26(28)20-13-23(31-3)16-24(14-20)32-4/h5-7,10-16H,8-9H2,1-4H3. The van der Waals surface area contributed by atoms with Crippen LogP contribution in [0.4, 0.5) is 0 Å². The van der Waals surface area contributed by atoms with Gasteiger partial charge in [-0.25, -0.2) is 0 Å². The average molecular weight is 434 g/mol. The van der Waals surface area contributed by atoms with Gasteiger partial charge in [0.1, 0.15) is 23.0 Å². The van der Waals surface area contributed by atoms with Crippen molar-refractivity contribution in [3.63, 3.8) is 0 Å². The summed E-state index contributed by atoms with van der Waals surface area (Å²) < 4.78 is 21.0. The summed E-state index contributed by atoms with van der Waals surface area (Å²) in [5.74, 6) is 1.15. The number of Topliss-reactive ketones (excluding diaryl/α,β-unsaturated/α-hetero) is 2. The monoisotopic (exact) mass is 434 g/mol. The third kappa shape index (κ3) is 5.46. The lowest BCUT2D eigenvalue weighted by atomic mass is 9.97. The minimum Gasteiger partial charge on any atom is -0.497 e. The van der Waals surface area contributed by atoms with E-state index < -0.39 is 11.6 Å². The summed E-state index contributed by atoms with van der Waals surface area (Å²) >= 11 is 0. The Morgan fingerprint density at radius 3 is 1.56 bits per heavy atom. The van der Waals surface area contributed by atoms with Crippen LogP contribution in [-0.2, 0) is 12.8 Å². The van der Waals surface area contributed by atoms with Crippen LogP contribution in [0.1, 0.15) is 31.8 Å². The first-order valence-corrected chi connectivity index (χ1v) is 10.1. The summed E-state index contributed by atoms with van der Waals surface area (Å²) in [7, 11) is 6.21. The zero-order valence-corrected chi connectivity index (χ0v) is 18.6. The molecule has 0 amide bonds. The first kappa shape index (κ1) is 22.9. The Kier molecular flexibility index (Phi) is 7.49. The van der Waals surface area contributed by atoms with Gasteiger partial charge in [-0.1, -0.05) is 18.2 Å². The van der Waals surface area contributed by atoms with E-state index >= 15 is 0 Å². The summed E-state index contributed by atoms with van der Waals surface area (Å²) in [6, 6.07) is 17.6. The van der Waals surface area contributed by atoms with Crippen LogP contribution in [0.2, 0.25) is 0 Å². The second-order valence-corrected chi connectivity index (χ2v) is 7.18. The van der Waals surface area contributed by atoms with E-state index in [4.69, 9.17) is 18.9 Å². The van der Waals surface area contributed by atoms with Gasteiger partial charge in [0.15, 0.2) is 0 Å². The maximum absolute atomic E-state index is 12.9. The van der Waals surface area contributed by atoms with Gasteiger partial charge in [0.05, 0.1) is 28.4 Å². The summed E-state index contributed by atoms with van der Waals surface area (Å²) in [6.07, 6.45) is 1.42. The van der Waals surface area contributed by atoms with Crippen molar-refractivity contribution in [2.75, 3.05) is 28.4 Å². The molecule has 0 atom stereocenters. The van der Waals surface area contributed by atoms with E-state index in [1.165, 1.54) is 26.4 Å². The van der Waals surface area contributed by atoms with E-state index in [0.717, 1.165) is 29.0 Å². The van der Waals surface area contributed by atoms with Gasteiger partial charge in [-0.05, 0) is 54.3 Å². The summed E-state index contributed by atoms with van der Waals surface area (Å²) in [5.41, 5.74) is 2.57. The quantitative estimate of drug-likeness (QED) is 0.344. The van der Waals surface area contributed by atoms with Gasteiger partial charge in [0, 0.05) is 23.3 Å². The van der Waals surface area contributed by atoms with E-state index in [2.05, 4.69) is 0 Å². The normalized spacial score (nSPS) is 10.4. The Morgan fingerprint density at radius 1 is 0.562 bits per heavy atom. The Labute approximate surface area is 187 Å². The van der Waals surface area contributed by atoms with Crippen molar-refractivity contribution in [1.82, 2.24) is 0 Å². The third-order valence-electron chi connectivity index (χ3n) is 5.12. The van der Waals surface area contributed by atoms with Crippen molar-refractivity contribution in [3.8, 4) is 23.0 Å². The van der Waals surface area contributed by atoms with Gasteiger partial charge in [-0.15, -0.1) is 0 Å². The lowest BCUT2D eigenvalue weighted by Gasteiger charge is -2.10. The maximum atomic E-state index is 12.9. The fraction of sp³-hybridized carbons (Fsp3) is 0.231.